The normalized spacial score (nSPS) is 11.8. The third kappa shape index (κ3) is 2.58. The quantitative estimate of drug-likeness (QED) is 0.198. The predicted molar refractivity (Wildman–Crippen MR) is 140 cm³/mol. The largest absolute Gasteiger partial charge is 0.276 e. The molecule has 0 unspecified atom stereocenters. The van der Waals surface area contributed by atoms with Crippen molar-refractivity contribution in [3.63, 3.8) is 0 Å². The first-order chi connectivity index (χ1) is 16.3. The Kier molecular flexibility index (Phi) is 3.73. The Bertz CT molecular complexity index is 1950. The maximum absolute atomic E-state index is 13.8. The van der Waals surface area contributed by atoms with E-state index in [-0.39, 0.29) is 5.56 Å². The summed E-state index contributed by atoms with van der Waals surface area (Å²) in [6, 6.07) is 39.6. The monoisotopic (exact) mass is 421 g/mol. The Balaban J connectivity index is 1.65. The number of hydrogen-bond donors (Lipinski definition) is 0. The molecule has 0 saturated heterocycles. The minimum atomic E-state index is 0.00964. The standard InChI is InChI=1S/C31H19NO/c33-31-27-12-4-3-10-23(27)25-11-5-6-14-29(25)32(31)30-15-7-13-24-26(30)17-16-22-18-20-8-1-2-9-21(20)19-28(22)24/h1-19H. The maximum atomic E-state index is 13.8. The van der Waals surface area contributed by atoms with Crippen molar-refractivity contribution in [2.24, 2.45) is 0 Å². The molecule has 2 nitrogen and oxygen atoms in total. The van der Waals surface area contributed by atoms with Crippen LogP contribution in [0.2, 0.25) is 0 Å². The van der Waals surface area contributed by atoms with Crippen molar-refractivity contribution in [3.05, 3.63) is 126 Å². The second kappa shape index (κ2) is 6.78. The minimum absolute atomic E-state index is 0.00964. The summed E-state index contributed by atoms with van der Waals surface area (Å²) in [7, 11) is 0. The molecule has 1 heterocycles. The molecule has 0 N–H and O–H groups in total. The van der Waals surface area contributed by atoms with Gasteiger partial charge in [-0.25, -0.2) is 0 Å². The Morgan fingerprint density at radius 1 is 0.424 bits per heavy atom. The fourth-order valence-electron chi connectivity index (χ4n) is 5.23. The van der Waals surface area contributed by atoms with Gasteiger partial charge < -0.3 is 0 Å². The number of hydrogen-bond acceptors (Lipinski definition) is 1. The molecule has 0 fully saturated rings. The van der Waals surface area contributed by atoms with Gasteiger partial charge in [0.1, 0.15) is 0 Å². The van der Waals surface area contributed by atoms with Crippen molar-refractivity contribution < 1.29 is 0 Å². The van der Waals surface area contributed by atoms with Gasteiger partial charge in [0.25, 0.3) is 5.56 Å². The van der Waals surface area contributed by atoms with Crippen LogP contribution in [0, 0.1) is 0 Å². The lowest BCUT2D eigenvalue weighted by molar-refractivity contribution is 1.07. The van der Waals surface area contributed by atoms with Crippen molar-refractivity contribution in [1.29, 1.82) is 0 Å². The van der Waals surface area contributed by atoms with Gasteiger partial charge in [0.15, 0.2) is 0 Å². The van der Waals surface area contributed by atoms with Crippen molar-refractivity contribution in [2.75, 3.05) is 0 Å². The third-order valence-electron chi connectivity index (χ3n) is 6.76. The van der Waals surface area contributed by atoms with Crippen LogP contribution in [0.15, 0.2) is 120 Å². The molecule has 7 aromatic rings. The van der Waals surface area contributed by atoms with Crippen LogP contribution in [0.5, 0.6) is 0 Å². The highest BCUT2D eigenvalue weighted by atomic mass is 16.1. The van der Waals surface area contributed by atoms with Gasteiger partial charge in [0.2, 0.25) is 0 Å². The molecule has 0 aliphatic rings. The van der Waals surface area contributed by atoms with Gasteiger partial charge in [-0.05, 0) is 62.6 Å². The smallest absolute Gasteiger partial charge is 0.263 e. The molecule has 0 atom stereocenters. The van der Waals surface area contributed by atoms with Crippen molar-refractivity contribution in [3.8, 4) is 5.69 Å². The number of nitrogens with zero attached hydrogens (tertiary/aromatic N) is 1. The lowest BCUT2D eigenvalue weighted by Gasteiger charge is -2.16. The van der Waals surface area contributed by atoms with Gasteiger partial charge in [0.05, 0.1) is 11.2 Å². The summed E-state index contributed by atoms with van der Waals surface area (Å²) in [5.74, 6) is 0. The molecule has 7 rings (SSSR count). The van der Waals surface area contributed by atoms with Gasteiger partial charge >= 0.3 is 0 Å². The highest BCUT2D eigenvalue weighted by Crippen LogP contribution is 2.33. The van der Waals surface area contributed by atoms with E-state index < -0.39 is 0 Å². The van der Waals surface area contributed by atoms with Crippen molar-refractivity contribution >= 4 is 54.0 Å². The number of para-hydroxylation sites is 1. The van der Waals surface area contributed by atoms with Gasteiger partial charge in [-0.2, -0.15) is 0 Å². The second-order valence-corrected chi connectivity index (χ2v) is 8.56. The molecular formula is C31H19NO. The molecule has 1 aromatic heterocycles. The maximum Gasteiger partial charge on any atom is 0.263 e. The zero-order valence-corrected chi connectivity index (χ0v) is 17.8. The number of aromatic nitrogens is 1. The average molecular weight is 421 g/mol. The summed E-state index contributed by atoms with van der Waals surface area (Å²) < 4.78 is 1.88. The molecule has 6 aromatic carbocycles. The Hall–Kier alpha value is -4.43. The molecule has 0 spiro atoms. The lowest BCUT2D eigenvalue weighted by atomic mass is 9.97. The van der Waals surface area contributed by atoms with Crippen molar-refractivity contribution in [2.45, 2.75) is 0 Å². The molecule has 2 heteroatoms. The van der Waals surface area contributed by atoms with Gasteiger partial charge in [-0.1, -0.05) is 84.9 Å². The fraction of sp³-hybridized carbons (Fsp3) is 0. The topological polar surface area (TPSA) is 22.0 Å². The van der Waals surface area contributed by atoms with E-state index in [1.807, 2.05) is 47.0 Å². The second-order valence-electron chi connectivity index (χ2n) is 8.56. The van der Waals surface area contributed by atoms with Crippen LogP contribution in [0.4, 0.5) is 0 Å². The molecule has 0 bridgehead atoms. The number of rotatable bonds is 1. The summed E-state index contributed by atoms with van der Waals surface area (Å²) in [5, 5.41) is 9.89. The Labute approximate surface area is 189 Å². The Morgan fingerprint density at radius 2 is 1.06 bits per heavy atom. The fourth-order valence-corrected chi connectivity index (χ4v) is 5.23. The van der Waals surface area contributed by atoms with Crippen LogP contribution in [0.3, 0.4) is 0 Å². The van der Waals surface area contributed by atoms with E-state index in [0.29, 0.717) is 0 Å². The van der Waals surface area contributed by atoms with Gasteiger partial charge in [0, 0.05) is 16.2 Å². The zero-order valence-electron chi connectivity index (χ0n) is 17.8. The SMILES string of the molecule is O=c1c2ccccc2c2ccccc2n1-c1cccc2c1ccc1cc3ccccc3cc12. The number of benzene rings is 6. The van der Waals surface area contributed by atoms with E-state index in [2.05, 4.69) is 72.8 Å². The van der Waals surface area contributed by atoms with Crippen LogP contribution in [0.1, 0.15) is 0 Å². The van der Waals surface area contributed by atoms with Gasteiger partial charge in [-0.15, -0.1) is 0 Å². The summed E-state index contributed by atoms with van der Waals surface area (Å²) in [4.78, 5) is 13.8. The van der Waals surface area contributed by atoms with E-state index in [4.69, 9.17) is 0 Å². The summed E-state index contributed by atoms with van der Waals surface area (Å²) in [6.45, 7) is 0. The molecular weight excluding hydrogens is 402 g/mol. The third-order valence-corrected chi connectivity index (χ3v) is 6.76. The van der Waals surface area contributed by atoms with E-state index in [1.165, 1.54) is 21.5 Å². The van der Waals surface area contributed by atoms with Crippen LogP contribution in [-0.4, -0.2) is 4.57 Å². The lowest BCUT2D eigenvalue weighted by Crippen LogP contribution is -2.19. The first-order valence-corrected chi connectivity index (χ1v) is 11.2. The summed E-state index contributed by atoms with van der Waals surface area (Å²) >= 11 is 0. The predicted octanol–water partition coefficient (Wildman–Crippen LogP) is 7.60. The van der Waals surface area contributed by atoms with E-state index in [0.717, 1.165) is 38.1 Å². The number of pyridine rings is 1. The van der Waals surface area contributed by atoms with Crippen LogP contribution >= 0.6 is 0 Å². The molecule has 0 aliphatic carbocycles. The molecule has 33 heavy (non-hydrogen) atoms. The van der Waals surface area contributed by atoms with Crippen LogP contribution in [-0.2, 0) is 0 Å². The summed E-state index contributed by atoms with van der Waals surface area (Å²) in [5.41, 5.74) is 1.84. The van der Waals surface area contributed by atoms with Crippen molar-refractivity contribution in [1.82, 2.24) is 4.57 Å². The molecule has 0 amide bonds. The molecule has 0 saturated carbocycles. The molecule has 154 valence electrons. The van der Waals surface area contributed by atoms with Gasteiger partial charge in [-0.3, -0.25) is 9.36 Å². The van der Waals surface area contributed by atoms with Crippen LogP contribution < -0.4 is 5.56 Å². The highest BCUT2D eigenvalue weighted by molar-refractivity contribution is 6.14. The molecule has 0 radical (unpaired) electrons. The van der Waals surface area contributed by atoms with E-state index in [1.54, 1.807) is 0 Å². The Morgan fingerprint density at radius 3 is 1.91 bits per heavy atom. The zero-order chi connectivity index (χ0) is 21.9. The summed E-state index contributed by atoms with van der Waals surface area (Å²) in [6.07, 6.45) is 0. The molecule has 0 aliphatic heterocycles. The van der Waals surface area contributed by atoms with Crippen LogP contribution in [0.25, 0.3) is 59.7 Å². The minimum Gasteiger partial charge on any atom is -0.276 e. The highest BCUT2D eigenvalue weighted by Gasteiger charge is 2.14. The average Bonchev–Trinajstić information content (AvgIpc) is 2.88. The first-order valence-electron chi connectivity index (χ1n) is 11.2. The first kappa shape index (κ1) is 18.2. The number of fused-ring (bicyclic) bond motifs is 7. The van der Waals surface area contributed by atoms with E-state index >= 15 is 0 Å². The van der Waals surface area contributed by atoms with E-state index in [9.17, 15) is 4.79 Å².